The molecule has 1 aliphatic heterocycles. The van der Waals surface area contributed by atoms with Gasteiger partial charge >= 0.3 is 0 Å². The van der Waals surface area contributed by atoms with E-state index in [9.17, 15) is 0 Å². The smallest absolute Gasteiger partial charge is 0.174 e. The Balaban J connectivity index is 1.76. The number of hydrazine groups is 1. The van der Waals surface area contributed by atoms with E-state index in [1.165, 1.54) is 5.56 Å². The van der Waals surface area contributed by atoms with E-state index in [-0.39, 0.29) is 5.41 Å². The molecule has 0 saturated carbocycles. The van der Waals surface area contributed by atoms with Gasteiger partial charge in [-0.25, -0.2) is 4.98 Å². The van der Waals surface area contributed by atoms with Crippen LogP contribution in [0.1, 0.15) is 31.9 Å². The van der Waals surface area contributed by atoms with Crippen LogP contribution in [0.15, 0.2) is 55.0 Å². The number of aromatic nitrogens is 2. The van der Waals surface area contributed by atoms with Crippen molar-refractivity contribution in [2.24, 2.45) is 0 Å². The van der Waals surface area contributed by atoms with Gasteiger partial charge in [0.15, 0.2) is 5.76 Å². The highest BCUT2D eigenvalue weighted by Gasteiger charge is 2.16. The standard InChI is InChI=1S/C20H22N4O/c1-20(2,3)15-8-9-18-17(11-15)21-13-24(18)16-7-5-6-14(10-16)19-12-23(4)22-25-19/h5-13,22H,1-4H3. The minimum Gasteiger partial charge on any atom is -0.387 e. The largest absolute Gasteiger partial charge is 0.387 e. The molecule has 0 bridgehead atoms. The summed E-state index contributed by atoms with van der Waals surface area (Å²) in [6.07, 6.45) is 3.80. The second kappa shape index (κ2) is 5.63. The fourth-order valence-corrected chi connectivity index (χ4v) is 2.98. The van der Waals surface area contributed by atoms with E-state index in [0.717, 1.165) is 28.0 Å². The molecule has 3 aromatic rings. The zero-order valence-electron chi connectivity index (χ0n) is 14.9. The average Bonchev–Trinajstić information content (AvgIpc) is 3.20. The predicted octanol–water partition coefficient (Wildman–Crippen LogP) is 4.00. The maximum atomic E-state index is 5.48. The third-order valence-corrected chi connectivity index (χ3v) is 4.43. The van der Waals surface area contributed by atoms with E-state index in [2.05, 4.69) is 66.2 Å². The Kier molecular flexibility index (Phi) is 3.54. The van der Waals surface area contributed by atoms with E-state index in [4.69, 9.17) is 4.84 Å². The topological polar surface area (TPSA) is 42.3 Å². The van der Waals surface area contributed by atoms with Gasteiger partial charge in [-0.15, -0.1) is 0 Å². The Morgan fingerprint density at radius 3 is 2.64 bits per heavy atom. The minimum absolute atomic E-state index is 0.114. The van der Waals surface area contributed by atoms with Crippen LogP contribution in [0.2, 0.25) is 0 Å². The summed E-state index contributed by atoms with van der Waals surface area (Å²) in [4.78, 5) is 10.1. The third-order valence-electron chi connectivity index (χ3n) is 4.43. The second-order valence-corrected chi connectivity index (χ2v) is 7.42. The fourth-order valence-electron chi connectivity index (χ4n) is 2.98. The van der Waals surface area contributed by atoms with Crippen LogP contribution in [-0.4, -0.2) is 21.6 Å². The summed E-state index contributed by atoms with van der Waals surface area (Å²) in [5.74, 6) is 0.795. The van der Waals surface area contributed by atoms with Crippen LogP contribution >= 0.6 is 0 Å². The number of hydrogen-bond acceptors (Lipinski definition) is 4. The Morgan fingerprint density at radius 1 is 1.08 bits per heavy atom. The van der Waals surface area contributed by atoms with Crippen LogP contribution in [-0.2, 0) is 10.3 Å². The van der Waals surface area contributed by atoms with Crippen molar-refractivity contribution in [3.8, 4) is 5.69 Å². The molecular formula is C20H22N4O. The maximum Gasteiger partial charge on any atom is 0.174 e. The van der Waals surface area contributed by atoms with Crippen LogP contribution < -0.4 is 5.59 Å². The number of nitrogens with zero attached hydrogens (tertiary/aromatic N) is 3. The van der Waals surface area contributed by atoms with E-state index in [1.807, 2.05) is 31.7 Å². The molecule has 4 rings (SSSR count). The van der Waals surface area contributed by atoms with Crippen molar-refractivity contribution in [3.63, 3.8) is 0 Å². The molecule has 0 fully saturated rings. The fraction of sp³-hybridized carbons (Fsp3) is 0.250. The molecule has 0 atom stereocenters. The zero-order valence-corrected chi connectivity index (χ0v) is 14.9. The molecule has 2 aromatic carbocycles. The lowest BCUT2D eigenvalue weighted by Gasteiger charge is -2.18. The summed E-state index contributed by atoms with van der Waals surface area (Å²) >= 11 is 0. The monoisotopic (exact) mass is 334 g/mol. The van der Waals surface area contributed by atoms with E-state index < -0.39 is 0 Å². The summed E-state index contributed by atoms with van der Waals surface area (Å²) in [5, 5.41) is 1.78. The molecule has 5 nitrogen and oxygen atoms in total. The van der Waals surface area contributed by atoms with E-state index >= 15 is 0 Å². The SMILES string of the molecule is CN1C=C(c2cccc(-n3cnc4cc(C(C)(C)C)ccc43)c2)ON1. The summed E-state index contributed by atoms with van der Waals surface area (Å²) in [6.45, 7) is 6.65. The molecular weight excluding hydrogens is 312 g/mol. The number of imidazole rings is 1. The van der Waals surface area contributed by atoms with Gasteiger partial charge in [0.2, 0.25) is 0 Å². The molecule has 25 heavy (non-hydrogen) atoms. The highest BCUT2D eigenvalue weighted by atomic mass is 16.7. The van der Waals surface area contributed by atoms with Gasteiger partial charge in [-0.3, -0.25) is 9.58 Å². The first kappa shape index (κ1) is 15.7. The molecule has 0 aliphatic carbocycles. The molecule has 0 amide bonds. The van der Waals surface area contributed by atoms with E-state index in [1.54, 1.807) is 5.01 Å². The van der Waals surface area contributed by atoms with Gasteiger partial charge in [0, 0.05) is 18.3 Å². The first-order chi connectivity index (χ1) is 11.9. The number of rotatable bonds is 2. The van der Waals surface area contributed by atoms with Crippen LogP contribution in [0, 0.1) is 0 Å². The average molecular weight is 334 g/mol. The van der Waals surface area contributed by atoms with Crippen molar-refractivity contribution in [2.75, 3.05) is 7.05 Å². The van der Waals surface area contributed by atoms with Gasteiger partial charge < -0.3 is 4.84 Å². The molecule has 0 unspecified atom stereocenters. The lowest BCUT2D eigenvalue weighted by molar-refractivity contribution is 0.0649. The van der Waals surface area contributed by atoms with Gasteiger partial charge in [0.25, 0.3) is 0 Å². The summed E-state index contributed by atoms with van der Waals surface area (Å²) in [7, 11) is 1.90. The van der Waals surface area contributed by atoms with Crippen LogP contribution in [0.5, 0.6) is 0 Å². The van der Waals surface area contributed by atoms with Crippen molar-refractivity contribution in [1.29, 1.82) is 0 Å². The minimum atomic E-state index is 0.114. The molecule has 0 saturated heterocycles. The Hall–Kier alpha value is -2.79. The number of benzene rings is 2. The third kappa shape index (κ3) is 2.87. The molecule has 2 heterocycles. The second-order valence-electron chi connectivity index (χ2n) is 7.42. The van der Waals surface area contributed by atoms with Crippen LogP contribution in [0.3, 0.4) is 0 Å². The van der Waals surface area contributed by atoms with Gasteiger partial charge in [-0.1, -0.05) is 44.6 Å². The normalized spacial score (nSPS) is 14.7. The molecule has 0 spiro atoms. The first-order valence-electron chi connectivity index (χ1n) is 8.37. The predicted molar refractivity (Wildman–Crippen MR) is 99.7 cm³/mol. The van der Waals surface area contributed by atoms with Crippen LogP contribution in [0.25, 0.3) is 22.5 Å². The number of hydrogen-bond donors (Lipinski definition) is 1. The van der Waals surface area contributed by atoms with Crippen LogP contribution in [0.4, 0.5) is 0 Å². The zero-order chi connectivity index (χ0) is 17.6. The van der Waals surface area contributed by atoms with Crippen molar-refractivity contribution in [2.45, 2.75) is 26.2 Å². The molecule has 1 aromatic heterocycles. The Bertz CT molecular complexity index is 965. The van der Waals surface area contributed by atoms with Crippen molar-refractivity contribution in [1.82, 2.24) is 20.1 Å². The lowest BCUT2D eigenvalue weighted by atomic mass is 9.87. The molecule has 0 radical (unpaired) electrons. The first-order valence-corrected chi connectivity index (χ1v) is 8.37. The van der Waals surface area contributed by atoms with Crippen molar-refractivity contribution >= 4 is 16.8 Å². The highest BCUT2D eigenvalue weighted by Crippen LogP contribution is 2.28. The Labute approximate surface area is 147 Å². The molecule has 1 aliphatic rings. The quantitative estimate of drug-likeness (QED) is 0.769. The molecule has 5 heteroatoms. The van der Waals surface area contributed by atoms with Gasteiger partial charge in [-0.05, 0) is 35.2 Å². The molecule has 128 valence electrons. The summed E-state index contributed by atoms with van der Waals surface area (Å²) < 4.78 is 2.11. The van der Waals surface area contributed by atoms with E-state index in [0.29, 0.717) is 0 Å². The molecule has 1 N–H and O–H groups in total. The summed E-state index contributed by atoms with van der Waals surface area (Å²) in [5.41, 5.74) is 8.38. The van der Waals surface area contributed by atoms with Crippen molar-refractivity contribution in [3.05, 3.63) is 66.1 Å². The summed E-state index contributed by atoms with van der Waals surface area (Å²) in [6, 6.07) is 14.8. The number of nitrogens with one attached hydrogen (secondary N) is 1. The maximum absolute atomic E-state index is 5.48. The lowest BCUT2D eigenvalue weighted by Crippen LogP contribution is -2.22. The number of fused-ring (bicyclic) bond motifs is 1. The van der Waals surface area contributed by atoms with Crippen molar-refractivity contribution < 1.29 is 4.84 Å². The van der Waals surface area contributed by atoms with Gasteiger partial charge in [-0.2, -0.15) is 0 Å². The highest BCUT2D eigenvalue weighted by molar-refractivity contribution is 5.79. The van der Waals surface area contributed by atoms with Gasteiger partial charge in [0.05, 0.1) is 17.2 Å². The Morgan fingerprint density at radius 2 is 1.92 bits per heavy atom. The van der Waals surface area contributed by atoms with Gasteiger partial charge in [0.1, 0.15) is 6.33 Å².